The molecule has 2 bridgehead atoms. The van der Waals surface area contributed by atoms with Crippen LogP contribution in [-0.4, -0.2) is 24.2 Å². The summed E-state index contributed by atoms with van der Waals surface area (Å²) >= 11 is 0. The molecule has 2 aliphatic heterocycles. The Morgan fingerprint density at radius 3 is 2.54 bits per heavy atom. The summed E-state index contributed by atoms with van der Waals surface area (Å²) in [6, 6.07) is 13.7. The second-order valence-electron chi connectivity index (χ2n) is 7.91. The van der Waals surface area contributed by atoms with Crippen LogP contribution in [0.5, 0.6) is 5.75 Å². The van der Waals surface area contributed by atoms with E-state index < -0.39 is 23.0 Å². The standard InChI is InChI=1S/C23H25NO4/c1-5-27-20(25)19-22(4)24-21(26)23(19,13-16-9-7-6-8-10-16)17-11-14(2)15(3)12-18(17)28-22/h6-12,19H,5,13H2,1-4H3,(H,24,26)/t19-,22-,23-/m1/s1. The Bertz CT molecular complexity index is 955. The van der Waals surface area contributed by atoms with E-state index in [1.165, 1.54) is 0 Å². The Balaban J connectivity index is 1.98. The number of aryl methyl sites for hydroxylation is 2. The van der Waals surface area contributed by atoms with Gasteiger partial charge in [-0.15, -0.1) is 0 Å². The van der Waals surface area contributed by atoms with Crippen LogP contribution >= 0.6 is 0 Å². The highest BCUT2D eigenvalue weighted by atomic mass is 16.5. The minimum absolute atomic E-state index is 0.195. The Hall–Kier alpha value is -2.82. The van der Waals surface area contributed by atoms with Gasteiger partial charge in [-0.25, -0.2) is 0 Å². The molecule has 5 heteroatoms. The molecule has 1 saturated heterocycles. The molecule has 146 valence electrons. The lowest BCUT2D eigenvalue weighted by Gasteiger charge is -2.43. The van der Waals surface area contributed by atoms with E-state index in [9.17, 15) is 9.59 Å². The van der Waals surface area contributed by atoms with Crippen molar-refractivity contribution in [3.63, 3.8) is 0 Å². The van der Waals surface area contributed by atoms with Crippen LogP contribution in [0, 0.1) is 19.8 Å². The summed E-state index contributed by atoms with van der Waals surface area (Å²) in [6.45, 7) is 7.80. The molecule has 4 rings (SSSR count). The van der Waals surface area contributed by atoms with Crippen molar-refractivity contribution in [2.75, 3.05) is 6.61 Å². The number of esters is 1. The summed E-state index contributed by atoms with van der Waals surface area (Å²) in [5.41, 5.74) is 1.66. The van der Waals surface area contributed by atoms with Gasteiger partial charge in [0.2, 0.25) is 5.91 Å². The van der Waals surface area contributed by atoms with Crippen molar-refractivity contribution in [3.05, 3.63) is 64.7 Å². The van der Waals surface area contributed by atoms with Gasteiger partial charge in [0, 0.05) is 5.56 Å². The number of hydrogen-bond acceptors (Lipinski definition) is 4. The van der Waals surface area contributed by atoms with Gasteiger partial charge >= 0.3 is 5.97 Å². The van der Waals surface area contributed by atoms with E-state index in [0.717, 1.165) is 22.3 Å². The number of carbonyl (C=O) groups excluding carboxylic acids is 2. The van der Waals surface area contributed by atoms with Crippen LogP contribution < -0.4 is 10.1 Å². The zero-order valence-corrected chi connectivity index (χ0v) is 16.7. The minimum Gasteiger partial charge on any atom is -0.467 e. The van der Waals surface area contributed by atoms with Crippen LogP contribution in [0.15, 0.2) is 42.5 Å². The lowest BCUT2D eigenvalue weighted by atomic mass is 9.64. The number of amides is 1. The fraction of sp³-hybridized carbons (Fsp3) is 0.391. The first-order chi connectivity index (χ1) is 13.3. The van der Waals surface area contributed by atoms with Gasteiger partial charge in [0.05, 0.1) is 6.61 Å². The van der Waals surface area contributed by atoms with Crippen molar-refractivity contribution in [2.45, 2.75) is 45.3 Å². The monoisotopic (exact) mass is 379 g/mol. The lowest BCUT2D eigenvalue weighted by Crippen LogP contribution is -2.56. The molecule has 2 aromatic carbocycles. The molecule has 28 heavy (non-hydrogen) atoms. The van der Waals surface area contributed by atoms with Gasteiger partial charge < -0.3 is 14.8 Å². The summed E-state index contributed by atoms with van der Waals surface area (Å²) < 4.78 is 11.6. The van der Waals surface area contributed by atoms with E-state index in [1.54, 1.807) is 13.8 Å². The van der Waals surface area contributed by atoms with E-state index in [1.807, 2.05) is 56.3 Å². The minimum atomic E-state index is -1.15. The molecule has 0 spiro atoms. The summed E-state index contributed by atoms with van der Waals surface area (Å²) in [5, 5.41) is 2.97. The highest BCUT2D eigenvalue weighted by molar-refractivity contribution is 6.00. The van der Waals surface area contributed by atoms with Gasteiger partial charge in [-0.05, 0) is 56.9 Å². The second-order valence-corrected chi connectivity index (χ2v) is 7.91. The van der Waals surface area contributed by atoms with Crippen LogP contribution in [0.25, 0.3) is 0 Å². The molecule has 2 heterocycles. The molecule has 0 aromatic heterocycles. The van der Waals surface area contributed by atoms with Crippen molar-refractivity contribution in [3.8, 4) is 5.75 Å². The summed E-state index contributed by atoms with van der Waals surface area (Å²) in [4.78, 5) is 26.5. The molecule has 1 amide bonds. The van der Waals surface area contributed by atoms with Gasteiger partial charge in [-0.3, -0.25) is 9.59 Å². The molecular weight excluding hydrogens is 354 g/mol. The highest BCUT2D eigenvalue weighted by Crippen LogP contribution is 2.55. The van der Waals surface area contributed by atoms with Crippen molar-refractivity contribution < 1.29 is 19.1 Å². The quantitative estimate of drug-likeness (QED) is 0.829. The maximum atomic E-state index is 13.5. The summed E-state index contributed by atoms with van der Waals surface area (Å²) in [5.74, 6) is -0.732. The Labute approximate surface area is 165 Å². The third kappa shape index (κ3) is 2.53. The van der Waals surface area contributed by atoms with Crippen molar-refractivity contribution in [2.24, 2.45) is 5.92 Å². The third-order valence-electron chi connectivity index (χ3n) is 6.06. The van der Waals surface area contributed by atoms with E-state index in [2.05, 4.69) is 5.32 Å². The number of fused-ring (bicyclic) bond motifs is 4. The van der Waals surface area contributed by atoms with E-state index >= 15 is 0 Å². The predicted octanol–water partition coefficient (Wildman–Crippen LogP) is 3.20. The molecule has 3 atom stereocenters. The molecule has 2 aliphatic rings. The van der Waals surface area contributed by atoms with Crippen LogP contribution in [0.2, 0.25) is 0 Å². The summed E-state index contributed by atoms with van der Waals surface area (Å²) in [7, 11) is 0. The Kier molecular flexibility index (Phi) is 4.21. The van der Waals surface area contributed by atoms with Gasteiger partial charge in [-0.1, -0.05) is 36.4 Å². The molecule has 1 fully saturated rings. The van der Waals surface area contributed by atoms with Crippen LogP contribution in [0.3, 0.4) is 0 Å². The zero-order chi connectivity index (χ0) is 20.1. The smallest absolute Gasteiger partial charge is 0.316 e. The van der Waals surface area contributed by atoms with Crippen molar-refractivity contribution in [1.82, 2.24) is 5.32 Å². The number of ether oxygens (including phenoxy) is 2. The molecule has 1 N–H and O–H groups in total. The first kappa shape index (κ1) is 18.5. The Morgan fingerprint density at radius 2 is 1.86 bits per heavy atom. The number of carbonyl (C=O) groups is 2. The van der Waals surface area contributed by atoms with Crippen LogP contribution in [-0.2, 0) is 26.2 Å². The topological polar surface area (TPSA) is 64.6 Å². The molecule has 0 radical (unpaired) electrons. The largest absolute Gasteiger partial charge is 0.467 e. The average molecular weight is 379 g/mol. The molecule has 5 nitrogen and oxygen atoms in total. The maximum Gasteiger partial charge on any atom is 0.316 e. The van der Waals surface area contributed by atoms with Crippen molar-refractivity contribution >= 4 is 11.9 Å². The lowest BCUT2D eigenvalue weighted by molar-refractivity contribution is -0.160. The molecular formula is C23H25NO4. The zero-order valence-electron chi connectivity index (χ0n) is 16.7. The molecule has 2 aromatic rings. The molecule has 0 aliphatic carbocycles. The van der Waals surface area contributed by atoms with Crippen molar-refractivity contribution in [1.29, 1.82) is 0 Å². The first-order valence-corrected chi connectivity index (χ1v) is 9.65. The fourth-order valence-electron chi connectivity index (χ4n) is 4.67. The van der Waals surface area contributed by atoms with Gasteiger partial charge in [0.15, 0.2) is 5.72 Å². The average Bonchev–Trinajstić information content (AvgIpc) is 2.80. The van der Waals surface area contributed by atoms with Crippen LogP contribution in [0.4, 0.5) is 0 Å². The van der Waals surface area contributed by atoms with Gasteiger partial charge in [0.25, 0.3) is 0 Å². The second kappa shape index (κ2) is 6.36. The first-order valence-electron chi connectivity index (χ1n) is 9.65. The number of rotatable bonds is 4. The number of benzene rings is 2. The van der Waals surface area contributed by atoms with E-state index in [-0.39, 0.29) is 12.5 Å². The molecule has 0 saturated carbocycles. The van der Waals surface area contributed by atoms with Gasteiger partial charge in [-0.2, -0.15) is 0 Å². The van der Waals surface area contributed by atoms with E-state index in [0.29, 0.717) is 12.2 Å². The number of nitrogens with one attached hydrogen (secondary N) is 1. The maximum absolute atomic E-state index is 13.5. The van der Waals surface area contributed by atoms with Crippen LogP contribution in [0.1, 0.15) is 36.1 Å². The fourth-order valence-corrected chi connectivity index (χ4v) is 4.67. The third-order valence-corrected chi connectivity index (χ3v) is 6.06. The Morgan fingerprint density at radius 1 is 1.18 bits per heavy atom. The SMILES string of the molecule is CCOC(=O)[C@@H]1[C@]2(C)NC(=O)[C@]1(Cc1ccccc1)c1cc(C)c(C)cc1O2. The van der Waals surface area contributed by atoms with E-state index in [4.69, 9.17) is 9.47 Å². The highest BCUT2D eigenvalue weighted by Gasteiger charge is 2.70. The van der Waals surface area contributed by atoms with Gasteiger partial charge in [0.1, 0.15) is 17.1 Å². The number of hydrogen-bond donors (Lipinski definition) is 1. The summed E-state index contributed by atoms with van der Waals surface area (Å²) in [6.07, 6.45) is 0.400. The normalized spacial score (nSPS) is 27.6. The predicted molar refractivity (Wildman–Crippen MR) is 105 cm³/mol. The molecule has 0 unspecified atom stereocenters.